The van der Waals surface area contributed by atoms with Crippen molar-refractivity contribution in [2.45, 2.75) is 26.9 Å². The van der Waals surface area contributed by atoms with Crippen LogP contribution >= 0.6 is 27.5 Å². The molecule has 3 nitrogen and oxygen atoms in total. The summed E-state index contributed by atoms with van der Waals surface area (Å²) in [4.78, 5) is 7.80. The number of halogens is 2. The fourth-order valence-corrected chi connectivity index (χ4v) is 1.14. The average molecular weight is 280 g/mol. The Kier molecular flexibility index (Phi) is 4.13. The number of ether oxygens (including phenoxy) is 1. The quantitative estimate of drug-likeness (QED) is 0.796. The largest absolute Gasteiger partial charge is 0.473 e. The van der Waals surface area contributed by atoms with Gasteiger partial charge in [0, 0.05) is 6.20 Å². The molecule has 0 aliphatic rings. The van der Waals surface area contributed by atoms with Gasteiger partial charge < -0.3 is 4.74 Å². The second-order valence-corrected chi connectivity index (χ2v) is 4.55. The first-order valence-corrected chi connectivity index (χ1v) is 5.52. The molecule has 1 aromatic heterocycles. The lowest BCUT2D eigenvalue weighted by molar-refractivity contribution is 0.162. The first kappa shape index (κ1) is 11.7. The van der Waals surface area contributed by atoms with Crippen LogP contribution in [0.5, 0.6) is 5.88 Å². The Morgan fingerprint density at radius 2 is 2.07 bits per heavy atom. The van der Waals surface area contributed by atoms with Gasteiger partial charge in [0.2, 0.25) is 11.2 Å². The third-order valence-electron chi connectivity index (χ3n) is 1.92. The van der Waals surface area contributed by atoms with Gasteiger partial charge in [-0.15, -0.1) is 0 Å². The third kappa shape index (κ3) is 3.10. The van der Waals surface area contributed by atoms with Crippen LogP contribution in [0, 0.1) is 5.92 Å². The van der Waals surface area contributed by atoms with Crippen LogP contribution in [0.1, 0.15) is 20.8 Å². The van der Waals surface area contributed by atoms with Gasteiger partial charge in [0.1, 0.15) is 0 Å². The number of aromatic nitrogens is 2. The minimum Gasteiger partial charge on any atom is -0.473 e. The van der Waals surface area contributed by atoms with Crippen molar-refractivity contribution in [2.75, 3.05) is 0 Å². The first-order chi connectivity index (χ1) is 6.50. The first-order valence-electron chi connectivity index (χ1n) is 4.35. The summed E-state index contributed by atoms with van der Waals surface area (Å²) in [6.07, 6.45) is 1.68. The van der Waals surface area contributed by atoms with Gasteiger partial charge in [-0.25, -0.2) is 4.98 Å². The molecule has 0 spiro atoms. The smallest absolute Gasteiger partial charge is 0.232 e. The van der Waals surface area contributed by atoms with Crippen LogP contribution in [0.15, 0.2) is 10.7 Å². The summed E-state index contributed by atoms with van der Waals surface area (Å²) in [7, 11) is 0. The molecular formula is C9H12BrClN2O. The van der Waals surface area contributed by atoms with Gasteiger partial charge in [0.25, 0.3) is 0 Å². The summed E-state index contributed by atoms with van der Waals surface area (Å²) >= 11 is 8.96. The lowest BCUT2D eigenvalue weighted by Gasteiger charge is -2.17. The highest BCUT2D eigenvalue weighted by Crippen LogP contribution is 2.24. The topological polar surface area (TPSA) is 35.0 Å². The number of rotatable bonds is 3. The van der Waals surface area contributed by atoms with Crippen LogP contribution in [0.3, 0.4) is 0 Å². The molecule has 0 saturated heterocycles. The van der Waals surface area contributed by atoms with Crippen molar-refractivity contribution in [3.63, 3.8) is 0 Å². The van der Waals surface area contributed by atoms with Gasteiger partial charge in [-0.3, -0.25) is 0 Å². The minimum atomic E-state index is 0.0947. The zero-order valence-corrected chi connectivity index (χ0v) is 10.6. The highest BCUT2D eigenvalue weighted by molar-refractivity contribution is 9.10. The summed E-state index contributed by atoms with van der Waals surface area (Å²) in [5.41, 5.74) is 0. The molecule has 0 radical (unpaired) electrons. The van der Waals surface area contributed by atoms with E-state index in [1.54, 1.807) is 6.20 Å². The molecule has 0 aromatic carbocycles. The zero-order valence-electron chi connectivity index (χ0n) is 8.29. The Morgan fingerprint density at radius 3 is 2.64 bits per heavy atom. The molecule has 1 rings (SSSR count). The maximum atomic E-state index is 5.66. The van der Waals surface area contributed by atoms with Crippen LogP contribution in [-0.2, 0) is 0 Å². The lowest BCUT2D eigenvalue weighted by Crippen LogP contribution is -2.19. The lowest BCUT2D eigenvalue weighted by atomic mass is 10.1. The summed E-state index contributed by atoms with van der Waals surface area (Å²) in [6, 6.07) is 0. The summed E-state index contributed by atoms with van der Waals surface area (Å²) in [5.74, 6) is 0.918. The summed E-state index contributed by atoms with van der Waals surface area (Å²) in [6.45, 7) is 6.16. The van der Waals surface area contributed by atoms with Crippen LogP contribution < -0.4 is 4.74 Å². The fraction of sp³-hybridized carbons (Fsp3) is 0.556. The van der Waals surface area contributed by atoms with Crippen molar-refractivity contribution in [3.05, 3.63) is 16.0 Å². The van der Waals surface area contributed by atoms with Crippen molar-refractivity contribution < 1.29 is 4.74 Å². The van der Waals surface area contributed by atoms with Crippen LogP contribution in [-0.4, -0.2) is 16.1 Å². The number of hydrogen-bond donors (Lipinski definition) is 0. The number of hydrogen-bond acceptors (Lipinski definition) is 3. The highest BCUT2D eigenvalue weighted by Gasteiger charge is 2.12. The van der Waals surface area contributed by atoms with E-state index in [4.69, 9.17) is 16.3 Å². The van der Waals surface area contributed by atoms with E-state index in [1.165, 1.54) is 0 Å². The Morgan fingerprint density at radius 1 is 1.43 bits per heavy atom. The van der Waals surface area contributed by atoms with Gasteiger partial charge in [0.05, 0.1) is 10.6 Å². The van der Waals surface area contributed by atoms with Crippen molar-refractivity contribution >= 4 is 27.5 Å². The van der Waals surface area contributed by atoms with E-state index in [1.807, 2.05) is 6.92 Å². The van der Waals surface area contributed by atoms with Crippen LogP contribution in [0.25, 0.3) is 0 Å². The molecule has 0 aliphatic heterocycles. The standard InChI is InChI=1S/C9H12BrClN2O/c1-5(2)6(3)14-8-7(10)4-12-9(11)13-8/h4-6H,1-3H3. The Labute approximate surface area is 97.0 Å². The van der Waals surface area contributed by atoms with Crippen molar-refractivity contribution in [1.29, 1.82) is 0 Å². The Hall–Kier alpha value is -0.350. The molecule has 1 atom stereocenters. The molecule has 0 amide bonds. The normalized spacial score (nSPS) is 13.0. The molecule has 5 heteroatoms. The molecule has 0 aliphatic carbocycles. The maximum absolute atomic E-state index is 5.66. The summed E-state index contributed by atoms with van der Waals surface area (Å²) < 4.78 is 6.32. The third-order valence-corrected chi connectivity index (χ3v) is 2.64. The molecule has 1 heterocycles. The minimum absolute atomic E-state index is 0.0947. The van der Waals surface area contributed by atoms with Gasteiger partial charge >= 0.3 is 0 Å². The summed E-state index contributed by atoms with van der Waals surface area (Å²) in [5, 5.41) is 0.194. The SMILES string of the molecule is CC(C)C(C)Oc1nc(Cl)ncc1Br. The molecule has 1 aromatic rings. The Balaban J connectivity index is 2.80. The molecule has 0 N–H and O–H groups in total. The molecule has 0 bridgehead atoms. The van der Waals surface area contributed by atoms with E-state index in [2.05, 4.69) is 39.7 Å². The van der Waals surface area contributed by atoms with Gasteiger partial charge in [0.15, 0.2) is 0 Å². The van der Waals surface area contributed by atoms with Gasteiger partial charge in [-0.1, -0.05) is 13.8 Å². The second kappa shape index (κ2) is 4.94. The fourth-order valence-electron chi connectivity index (χ4n) is 0.726. The maximum Gasteiger partial charge on any atom is 0.232 e. The zero-order chi connectivity index (χ0) is 10.7. The molecule has 0 saturated carbocycles. The van der Waals surface area contributed by atoms with Crippen LogP contribution in [0.4, 0.5) is 0 Å². The molecule has 78 valence electrons. The van der Waals surface area contributed by atoms with Gasteiger partial charge in [-0.2, -0.15) is 4.98 Å². The predicted molar refractivity (Wildman–Crippen MR) is 59.7 cm³/mol. The number of nitrogens with zero attached hydrogens (tertiary/aromatic N) is 2. The highest BCUT2D eigenvalue weighted by atomic mass is 79.9. The average Bonchev–Trinajstić information content (AvgIpc) is 2.11. The second-order valence-electron chi connectivity index (χ2n) is 3.36. The van der Waals surface area contributed by atoms with E-state index in [0.29, 0.717) is 11.8 Å². The van der Waals surface area contributed by atoms with E-state index < -0.39 is 0 Å². The van der Waals surface area contributed by atoms with E-state index >= 15 is 0 Å². The molecule has 1 unspecified atom stereocenters. The monoisotopic (exact) mass is 278 g/mol. The van der Waals surface area contributed by atoms with Crippen molar-refractivity contribution in [2.24, 2.45) is 5.92 Å². The van der Waals surface area contributed by atoms with Crippen molar-refractivity contribution in [3.8, 4) is 5.88 Å². The van der Waals surface area contributed by atoms with E-state index in [9.17, 15) is 0 Å². The van der Waals surface area contributed by atoms with Crippen LogP contribution in [0.2, 0.25) is 5.28 Å². The predicted octanol–water partition coefficient (Wildman–Crippen LogP) is 3.32. The molecule has 0 fully saturated rings. The van der Waals surface area contributed by atoms with Gasteiger partial charge in [-0.05, 0) is 40.4 Å². The molecular weight excluding hydrogens is 267 g/mol. The Bertz CT molecular complexity index is 320. The molecule has 14 heavy (non-hydrogen) atoms. The van der Waals surface area contributed by atoms with E-state index in [-0.39, 0.29) is 11.4 Å². The van der Waals surface area contributed by atoms with Crippen molar-refractivity contribution in [1.82, 2.24) is 9.97 Å². The van der Waals surface area contributed by atoms with E-state index in [0.717, 1.165) is 4.47 Å².